The van der Waals surface area contributed by atoms with E-state index in [2.05, 4.69) is 11.7 Å². The first-order valence-corrected chi connectivity index (χ1v) is 6.36. The van der Waals surface area contributed by atoms with E-state index in [9.17, 15) is 4.79 Å². The minimum absolute atomic E-state index is 0.207. The largest absolute Gasteiger partial charge is 0.292 e. The van der Waals surface area contributed by atoms with E-state index in [1.165, 1.54) is 0 Å². The van der Waals surface area contributed by atoms with Crippen molar-refractivity contribution in [3.8, 4) is 0 Å². The van der Waals surface area contributed by atoms with Crippen LogP contribution in [0.25, 0.3) is 0 Å². The number of nitrogens with zero attached hydrogens (tertiary/aromatic N) is 2. The highest BCUT2D eigenvalue weighted by atomic mass is 16.1. The molecule has 94 valence electrons. The lowest BCUT2D eigenvalue weighted by molar-refractivity contribution is 0.0970. The van der Waals surface area contributed by atoms with Crippen LogP contribution in [-0.2, 0) is 13.5 Å². The average Bonchev–Trinajstić information content (AvgIpc) is 2.70. The molecule has 0 N–H and O–H groups in total. The Morgan fingerprint density at radius 3 is 2.82 bits per heavy atom. The Morgan fingerprint density at radius 1 is 1.47 bits per heavy atom. The monoisotopic (exact) mass is 234 g/mol. The number of rotatable bonds is 8. The maximum absolute atomic E-state index is 11.9. The number of aryl methyl sites for hydroxylation is 2. The number of hydrogen-bond donors (Lipinski definition) is 0. The molecule has 0 fully saturated rings. The highest BCUT2D eigenvalue weighted by Crippen LogP contribution is 2.10. The molecule has 0 saturated heterocycles. The van der Waals surface area contributed by atoms with Crippen LogP contribution in [0.4, 0.5) is 0 Å². The van der Waals surface area contributed by atoms with Crippen molar-refractivity contribution in [2.45, 2.75) is 45.4 Å². The third-order valence-corrected chi connectivity index (χ3v) is 2.89. The van der Waals surface area contributed by atoms with Gasteiger partial charge in [-0.2, -0.15) is 5.10 Å². The molecule has 1 rings (SSSR count). The van der Waals surface area contributed by atoms with Crippen molar-refractivity contribution in [3.63, 3.8) is 0 Å². The van der Waals surface area contributed by atoms with Crippen LogP contribution in [0.2, 0.25) is 0 Å². The molecular formula is C14H22N2O. The van der Waals surface area contributed by atoms with Gasteiger partial charge in [0.05, 0.1) is 5.69 Å². The van der Waals surface area contributed by atoms with E-state index in [1.54, 1.807) is 4.68 Å². The Kier molecular flexibility index (Phi) is 5.67. The molecular weight excluding hydrogens is 212 g/mol. The van der Waals surface area contributed by atoms with Gasteiger partial charge in [-0.05, 0) is 31.7 Å². The molecule has 1 aromatic heterocycles. The standard InChI is InChI=1S/C14H22N2O/c1-4-6-7-8-9-10-14(17)13-11-12(5-2)15-16(13)3/h4,11H,1,5-10H2,2-3H3. The molecule has 3 nitrogen and oxygen atoms in total. The minimum Gasteiger partial charge on any atom is -0.292 e. The van der Waals surface area contributed by atoms with Crippen LogP contribution < -0.4 is 0 Å². The topological polar surface area (TPSA) is 34.9 Å². The first-order valence-electron chi connectivity index (χ1n) is 6.36. The van der Waals surface area contributed by atoms with Crippen molar-refractivity contribution in [1.82, 2.24) is 9.78 Å². The molecule has 0 aliphatic rings. The number of ketones is 1. The van der Waals surface area contributed by atoms with Gasteiger partial charge in [-0.25, -0.2) is 0 Å². The summed E-state index contributed by atoms with van der Waals surface area (Å²) < 4.78 is 1.70. The number of aromatic nitrogens is 2. The molecule has 0 aromatic carbocycles. The molecule has 0 atom stereocenters. The molecule has 0 aliphatic carbocycles. The number of allylic oxidation sites excluding steroid dienone is 1. The molecule has 1 aromatic rings. The highest BCUT2D eigenvalue weighted by molar-refractivity contribution is 5.94. The molecule has 0 bridgehead atoms. The lowest BCUT2D eigenvalue weighted by Gasteiger charge is -2.00. The van der Waals surface area contributed by atoms with Crippen LogP contribution in [0, 0.1) is 0 Å². The van der Waals surface area contributed by atoms with Crippen LogP contribution in [-0.4, -0.2) is 15.6 Å². The van der Waals surface area contributed by atoms with E-state index < -0.39 is 0 Å². The zero-order valence-electron chi connectivity index (χ0n) is 10.9. The van der Waals surface area contributed by atoms with Crippen molar-refractivity contribution >= 4 is 5.78 Å². The Labute approximate surface area is 104 Å². The van der Waals surface area contributed by atoms with Crippen molar-refractivity contribution in [1.29, 1.82) is 0 Å². The molecule has 0 unspecified atom stereocenters. The molecule has 1 heterocycles. The van der Waals surface area contributed by atoms with Gasteiger partial charge >= 0.3 is 0 Å². The van der Waals surface area contributed by atoms with Crippen molar-refractivity contribution < 1.29 is 4.79 Å². The smallest absolute Gasteiger partial charge is 0.180 e. The van der Waals surface area contributed by atoms with Gasteiger partial charge in [0, 0.05) is 13.5 Å². The third kappa shape index (κ3) is 4.17. The highest BCUT2D eigenvalue weighted by Gasteiger charge is 2.11. The van der Waals surface area contributed by atoms with Gasteiger partial charge < -0.3 is 0 Å². The summed E-state index contributed by atoms with van der Waals surface area (Å²) in [6, 6.07) is 1.91. The number of carbonyl (C=O) groups excluding carboxylic acids is 1. The average molecular weight is 234 g/mol. The van der Waals surface area contributed by atoms with E-state index in [1.807, 2.05) is 26.1 Å². The summed E-state index contributed by atoms with van der Waals surface area (Å²) in [4.78, 5) is 11.9. The summed E-state index contributed by atoms with van der Waals surface area (Å²) in [6.45, 7) is 5.73. The van der Waals surface area contributed by atoms with E-state index in [0.717, 1.165) is 43.5 Å². The fraction of sp³-hybridized carbons (Fsp3) is 0.571. The summed E-state index contributed by atoms with van der Waals surface area (Å²) >= 11 is 0. The Morgan fingerprint density at radius 2 is 2.24 bits per heavy atom. The summed E-state index contributed by atoms with van der Waals surface area (Å²) in [6.07, 6.45) is 7.65. The molecule has 17 heavy (non-hydrogen) atoms. The second-order valence-electron chi connectivity index (χ2n) is 4.31. The van der Waals surface area contributed by atoms with Crippen LogP contribution in [0.15, 0.2) is 18.7 Å². The second-order valence-corrected chi connectivity index (χ2v) is 4.31. The first kappa shape index (κ1) is 13.7. The molecule has 0 saturated carbocycles. The van der Waals surface area contributed by atoms with Crippen molar-refractivity contribution in [2.24, 2.45) is 7.05 Å². The van der Waals surface area contributed by atoms with Gasteiger partial charge in [0.1, 0.15) is 5.69 Å². The molecule has 3 heteroatoms. The maximum atomic E-state index is 11.9. The Bertz CT molecular complexity index is 380. The van der Waals surface area contributed by atoms with E-state index in [-0.39, 0.29) is 5.78 Å². The molecule has 0 radical (unpaired) electrons. The quantitative estimate of drug-likeness (QED) is 0.393. The number of hydrogen-bond acceptors (Lipinski definition) is 2. The van der Waals surface area contributed by atoms with Gasteiger partial charge in [-0.1, -0.05) is 19.4 Å². The predicted octanol–water partition coefficient (Wildman–Crippen LogP) is 3.30. The normalized spacial score (nSPS) is 10.5. The Balaban J connectivity index is 2.41. The first-order chi connectivity index (χ1) is 8.19. The predicted molar refractivity (Wildman–Crippen MR) is 70.2 cm³/mol. The molecule has 0 amide bonds. The van der Waals surface area contributed by atoms with Gasteiger partial charge in [-0.3, -0.25) is 9.48 Å². The lowest BCUT2D eigenvalue weighted by Crippen LogP contribution is -2.06. The van der Waals surface area contributed by atoms with Crippen LogP contribution in [0.1, 0.15) is 55.2 Å². The third-order valence-electron chi connectivity index (χ3n) is 2.89. The van der Waals surface area contributed by atoms with Crippen molar-refractivity contribution in [3.05, 3.63) is 30.1 Å². The Hall–Kier alpha value is -1.38. The number of Topliss-reactive ketones (excluding diaryl/α,β-unsaturated/α-hetero) is 1. The van der Waals surface area contributed by atoms with Gasteiger partial charge in [0.15, 0.2) is 5.78 Å². The van der Waals surface area contributed by atoms with E-state index in [0.29, 0.717) is 6.42 Å². The van der Waals surface area contributed by atoms with Crippen LogP contribution in [0.3, 0.4) is 0 Å². The number of unbranched alkanes of at least 4 members (excludes halogenated alkanes) is 3. The van der Waals surface area contributed by atoms with E-state index >= 15 is 0 Å². The van der Waals surface area contributed by atoms with E-state index in [4.69, 9.17) is 0 Å². The zero-order chi connectivity index (χ0) is 12.7. The second kappa shape index (κ2) is 7.05. The molecule has 0 aliphatic heterocycles. The van der Waals surface area contributed by atoms with Gasteiger partial charge in [-0.15, -0.1) is 6.58 Å². The summed E-state index contributed by atoms with van der Waals surface area (Å²) in [7, 11) is 1.84. The van der Waals surface area contributed by atoms with Gasteiger partial charge in [0.25, 0.3) is 0 Å². The molecule has 0 spiro atoms. The van der Waals surface area contributed by atoms with Gasteiger partial charge in [0.2, 0.25) is 0 Å². The number of carbonyl (C=O) groups is 1. The summed E-state index contributed by atoms with van der Waals surface area (Å²) in [5, 5.41) is 4.29. The maximum Gasteiger partial charge on any atom is 0.180 e. The van der Waals surface area contributed by atoms with Crippen LogP contribution in [0.5, 0.6) is 0 Å². The summed E-state index contributed by atoms with van der Waals surface area (Å²) in [5.41, 5.74) is 1.73. The fourth-order valence-electron chi connectivity index (χ4n) is 1.84. The lowest BCUT2D eigenvalue weighted by atomic mass is 10.1. The van der Waals surface area contributed by atoms with Crippen molar-refractivity contribution in [2.75, 3.05) is 0 Å². The zero-order valence-corrected chi connectivity index (χ0v) is 10.9. The van der Waals surface area contributed by atoms with Crippen LogP contribution >= 0.6 is 0 Å². The SMILES string of the molecule is C=CCCCCCC(=O)c1cc(CC)nn1C. The fourth-order valence-corrected chi connectivity index (χ4v) is 1.84. The summed E-state index contributed by atoms with van der Waals surface area (Å²) in [5.74, 6) is 0.207. The minimum atomic E-state index is 0.207.